The van der Waals surface area contributed by atoms with Gasteiger partial charge in [-0.2, -0.15) is 0 Å². The van der Waals surface area contributed by atoms with Gasteiger partial charge in [0.15, 0.2) is 0 Å². The van der Waals surface area contributed by atoms with Gasteiger partial charge in [-0.05, 0) is 38.7 Å². The fraction of sp³-hybridized carbons (Fsp3) is 0.500. The Balaban J connectivity index is 2.25. The molecule has 1 aromatic rings. The number of benzene rings is 1. The summed E-state index contributed by atoms with van der Waals surface area (Å²) < 4.78 is 14.0. The normalized spacial score (nSPS) is 22.6. The first-order valence-electron chi connectivity index (χ1n) is 6.57. The van der Waals surface area contributed by atoms with Gasteiger partial charge in [0.05, 0.1) is 6.10 Å². The molecule has 0 aliphatic carbocycles. The van der Waals surface area contributed by atoms with Crippen LogP contribution in [0.4, 0.5) is 10.1 Å². The van der Waals surface area contributed by atoms with Crippen molar-refractivity contribution in [3.63, 3.8) is 0 Å². The van der Waals surface area contributed by atoms with Crippen LogP contribution >= 0.6 is 12.2 Å². The molecule has 0 radical (unpaired) electrons. The van der Waals surface area contributed by atoms with Crippen LogP contribution in [0.15, 0.2) is 18.2 Å². The molecule has 1 heterocycles. The Kier molecular flexibility index (Phi) is 4.57. The molecule has 1 aromatic carbocycles. The molecule has 0 aromatic heterocycles. The molecule has 0 spiro atoms. The second kappa shape index (κ2) is 6.03. The van der Waals surface area contributed by atoms with Crippen molar-refractivity contribution < 1.29 is 9.50 Å². The van der Waals surface area contributed by atoms with Crippen LogP contribution in [-0.2, 0) is 0 Å². The lowest BCUT2D eigenvalue weighted by atomic mass is 10.1. The highest BCUT2D eigenvalue weighted by Gasteiger charge is 2.31. The van der Waals surface area contributed by atoms with Crippen molar-refractivity contribution >= 4 is 22.9 Å². The first-order valence-corrected chi connectivity index (χ1v) is 6.98. The summed E-state index contributed by atoms with van der Waals surface area (Å²) in [4.78, 5) is 4.16. The molecule has 0 saturated carbocycles. The number of aliphatic hydroxyl groups is 1. The monoisotopic (exact) mass is 297 g/mol. The van der Waals surface area contributed by atoms with E-state index in [4.69, 9.17) is 18.0 Å². The Labute approximate surface area is 124 Å². The van der Waals surface area contributed by atoms with Crippen molar-refractivity contribution in [1.82, 2.24) is 4.90 Å². The zero-order chi connectivity index (χ0) is 14.9. The predicted molar refractivity (Wildman–Crippen MR) is 82.6 cm³/mol. The minimum atomic E-state index is -0.417. The summed E-state index contributed by atoms with van der Waals surface area (Å²) in [6, 6.07) is 5.02. The van der Waals surface area contributed by atoms with Crippen molar-refractivity contribution in [2.24, 2.45) is 5.73 Å². The zero-order valence-corrected chi connectivity index (χ0v) is 12.5. The van der Waals surface area contributed by atoms with Crippen LogP contribution in [0.25, 0.3) is 0 Å². The van der Waals surface area contributed by atoms with Crippen molar-refractivity contribution in [2.45, 2.75) is 18.6 Å². The highest BCUT2D eigenvalue weighted by atomic mass is 32.1. The quantitative estimate of drug-likeness (QED) is 0.811. The minimum absolute atomic E-state index is 0.0559. The molecule has 4 nitrogen and oxygen atoms in total. The van der Waals surface area contributed by atoms with E-state index in [2.05, 4.69) is 4.90 Å². The van der Waals surface area contributed by atoms with Crippen LogP contribution < -0.4 is 10.6 Å². The maximum atomic E-state index is 14.0. The number of hydrogen-bond acceptors (Lipinski definition) is 4. The van der Waals surface area contributed by atoms with E-state index in [9.17, 15) is 9.50 Å². The second-order valence-corrected chi connectivity index (χ2v) is 5.93. The van der Waals surface area contributed by atoms with Gasteiger partial charge in [-0.15, -0.1) is 0 Å². The molecule has 3 N–H and O–H groups in total. The van der Waals surface area contributed by atoms with E-state index in [0.29, 0.717) is 13.0 Å². The van der Waals surface area contributed by atoms with Crippen molar-refractivity contribution in [3.8, 4) is 0 Å². The van der Waals surface area contributed by atoms with Gasteiger partial charge < -0.3 is 20.6 Å². The largest absolute Gasteiger partial charge is 0.391 e. The zero-order valence-electron chi connectivity index (χ0n) is 11.7. The lowest BCUT2D eigenvalue weighted by molar-refractivity contribution is 0.191. The molecule has 0 amide bonds. The average molecular weight is 297 g/mol. The van der Waals surface area contributed by atoms with E-state index in [1.54, 1.807) is 12.1 Å². The molecule has 1 saturated heterocycles. The summed E-state index contributed by atoms with van der Waals surface area (Å²) in [5.74, 6) is -0.417. The Bertz CT molecular complexity index is 509. The van der Waals surface area contributed by atoms with Crippen molar-refractivity contribution in [1.29, 1.82) is 0 Å². The molecular formula is C14H20FN3OS. The van der Waals surface area contributed by atoms with E-state index in [0.717, 1.165) is 12.2 Å². The summed E-state index contributed by atoms with van der Waals surface area (Å²) in [6.45, 7) is 1.33. The van der Waals surface area contributed by atoms with E-state index < -0.39 is 5.82 Å². The Morgan fingerprint density at radius 2 is 2.25 bits per heavy atom. The van der Waals surface area contributed by atoms with Crippen LogP contribution in [0.1, 0.15) is 12.0 Å². The highest BCUT2D eigenvalue weighted by Crippen LogP contribution is 2.27. The van der Waals surface area contributed by atoms with Crippen molar-refractivity contribution in [3.05, 3.63) is 29.6 Å². The predicted octanol–water partition coefficient (Wildman–Crippen LogP) is 0.961. The van der Waals surface area contributed by atoms with E-state index in [1.165, 1.54) is 6.07 Å². The van der Waals surface area contributed by atoms with Gasteiger partial charge >= 0.3 is 0 Å². The smallest absolute Gasteiger partial charge is 0.135 e. The van der Waals surface area contributed by atoms with Gasteiger partial charge in [0.25, 0.3) is 0 Å². The van der Waals surface area contributed by atoms with Gasteiger partial charge in [-0.1, -0.05) is 12.2 Å². The molecule has 2 unspecified atom stereocenters. The van der Waals surface area contributed by atoms with Gasteiger partial charge in [-0.25, -0.2) is 4.39 Å². The van der Waals surface area contributed by atoms with E-state index in [1.807, 2.05) is 19.0 Å². The summed E-state index contributed by atoms with van der Waals surface area (Å²) in [7, 11) is 3.97. The number of likely N-dealkylation sites (N-methyl/N-ethyl adjacent to an activating group) is 1. The van der Waals surface area contributed by atoms with Crippen molar-refractivity contribution in [2.75, 3.05) is 32.1 Å². The first kappa shape index (κ1) is 15.2. The molecule has 110 valence electrons. The number of nitrogens with two attached hydrogens (primary N) is 1. The molecule has 20 heavy (non-hydrogen) atoms. The van der Waals surface area contributed by atoms with Gasteiger partial charge in [0.2, 0.25) is 0 Å². The summed E-state index contributed by atoms with van der Waals surface area (Å²) >= 11 is 4.80. The lowest BCUT2D eigenvalue weighted by Crippen LogP contribution is -2.37. The third kappa shape index (κ3) is 3.26. The topological polar surface area (TPSA) is 52.7 Å². The number of halogens is 1. The van der Waals surface area contributed by atoms with Crippen LogP contribution in [0.5, 0.6) is 0 Å². The standard InChI is InChI=1S/C14H20FN3OS/c1-17(2)7-10-5-11(19)8-18(10)9-3-4-12(14(16)20)13(15)6-9/h3-4,6,10-11,19H,5,7-8H2,1-2H3,(H2,16,20). The van der Waals surface area contributed by atoms with Crippen LogP contribution in [-0.4, -0.2) is 54.3 Å². The SMILES string of the molecule is CN(C)CC1CC(O)CN1c1ccc(C(N)=S)c(F)c1. The molecule has 6 heteroatoms. The number of nitrogens with zero attached hydrogens (tertiary/aromatic N) is 2. The average Bonchev–Trinajstić information content (AvgIpc) is 2.68. The Morgan fingerprint density at radius 1 is 1.55 bits per heavy atom. The lowest BCUT2D eigenvalue weighted by Gasteiger charge is -2.29. The number of rotatable bonds is 4. The third-order valence-electron chi connectivity index (χ3n) is 3.52. The van der Waals surface area contributed by atoms with Crippen LogP contribution in [0, 0.1) is 5.82 Å². The number of aliphatic hydroxyl groups excluding tert-OH is 1. The van der Waals surface area contributed by atoms with Crippen LogP contribution in [0.3, 0.4) is 0 Å². The van der Waals surface area contributed by atoms with E-state index >= 15 is 0 Å². The fourth-order valence-corrected chi connectivity index (χ4v) is 2.85. The van der Waals surface area contributed by atoms with Gasteiger partial charge in [0, 0.05) is 30.4 Å². The summed E-state index contributed by atoms with van der Waals surface area (Å²) in [5, 5.41) is 9.86. The molecule has 2 rings (SSSR count). The number of anilines is 1. The first-order chi connectivity index (χ1) is 9.38. The third-order valence-corrected chi connectivity index (χ3v) is 3.74. The molecule has 1 aliphatic rings. The van der Waals surface area contributed by atoms with Gasteiger partial charge in [-0.3, -0.25) is 0 Å². The molecule has 2 atom stereocenters. The molecule has 1 aliphatic heterocycles. The number of β-amino-alcohol motifs (C(OH)–C–C–N with tert-alkyl or cyclic N) is 1. The summed E-state index contributed by atoms with van der Waals surface area (Å²) in [6.07, 6.45) is 0.315. The maximum Gasteiger partial charge on any atom is 0.135 e. The highest BCUT2D eigenvalue weighted by molar-refractivity contribution is 7.80. The van der Waals surface area contributed by atoms with E-state index in [-0.39, 0.29) is 22.7 Å². The Hall–Kier alpha value is -1.24. The van der Waals surface area contributed by atoms with Crippen LogP contribution in [0.2, 0.25) is 0 Å². The number of thiocarbonyl (C=S) groups is 1. The molecule has 0 bridgehead atoms. The maximum absolute atomic E-state index is 14.0. The molecular weight excluding hydrogens is 277 g/mol. The summed E-state index contributed by atoms with van der Waals surface area (Å²) in [5.41, 5.74) is 6.48. The number of hydrogen-bond donors (Lipinski definition) is 2. The minimum Gasteiger partial charge on any atom is -0.391 e. The second-order valence-electron chi connectivity index (χ2n) is 5.49. The fourth-order valence-electron chi connectivity index (χ4n) is 2.69. The Morgan fingerprint density at radius 3 is 2.80 bits per heavy atom. The van der Waals surface area contributed by atoms with Gasteiger partial charge in [0.1, 0.15) is 10.8 Å². The molecule has 1 fully saturated rings.